The van der Waals surface area contributed by atoms with Crippen LogP contribution >= 0.6 is 0 Å². The van der Waals surface area contributed by atoms with Crippen LogP contribution in [0.4, 0.5) is 5.69 Å². The van der Waals surface area contributed by atoms with E-state index >= 15 is 0 Å². The van der Waals surface area contributed by atoms with Gasteiger partial charge >= 0.3 is 10.1 Å². The second-order valence-electron chi connectivity index (χ2n) is 7.37. The summed E-state index contributed by atoms with van der Waals surface area (Å²) < 4.78 is 38.1. The Hall–Kier alpha value is -2.06. The van der Waals surface area contributed by atoms with E-state index in [1.165, 1.54) is 18.8 Å². The van der Waals surface area contributed by atoms with E-state index in [-0.39, 0.29) is 10.9 Å². The fraction of sp³-hybridized carbons (Fsp3) is 0.526. The Kier molecular flexibility index (Phi) is 5.10. The van der Waals surface area contributed by atoms with Gasteiger partial charge < -0.3 is 13.8 Å². The van der Waals surface area contributed by atoms with Gasteiger partial charge in [-0.2, -0.15) is 13.5 Å². The zero-order valence-corrected chi connectivity index (χ0v) is 16.3. The summed E-state index contributed by atoms with van der Waals surface area (Å²) in [7, 11) is -3.95. The van der Waals surface area contributed by atoms with E-state index in [0.29, 0.717) is 24.9 Å². The van der Waals surface area contributed by atoms with Crippen LogP contribution in [-0.4, -0.2) is 44.5 Å². The fourth-order valence-electron chi connectivity index (χ4n) is 3.74. The normalized spacial score (nSPS) is 23.5. The first-order valence-electron chi connectivity index (χ1n) is 9.43. The highest BCUT2D eigenvalue weighted by molar-refractivity contribution is 7.87. The first-order valence-corrected chi connectivity index (χ1v) is 10.8. The third-order valence-corrected chi connectivity index (χ3v) is 6.40. The molecule has 0 bridgehead atoms. The van der Waals surface area contributed by atoms with Crippen molar-refractivity contribution in [1.29, 1.82) is 0 Å². The summed E-state index contributed by atoms with van der Waals surface area (Å²) in [5.41, 5.74) is 0.823. The van der Waals surface area contributed by atoms with Crippen LogP contribution in [-0.2, 0) is 14.9 Å². The quantitative estimate of drug-likeness (QED) is 0.730. The van der Waals surface area contributed by atoms with E-state index in [2.05, 4.69) is 16.9 Å². The lowest BCUT2D eigenvalue weighted by molar-refractivity contribution is 0.184. The monoisotopic (exact) mass is 391 g/mol. The Labute approximate surface area is 160 Å². The Balaban J connectivity index is 1.56. The van der Waals surface area contributed by atoms with E-state index in [1.54, 1.807) is 16.8 Å². The highest BCUT2D eigenvalue weighted by atomic mass is 32.2. The minimum atomic E-state index is -3.95. The van der Waals surface area contributed by atoms with Crippen molar-refractivity contribution in [2.45, 2.75) is 37.1 Å². The summed E-state index contributed by atoms with van der Waals surface area (Å²) in [6, 6.07) is 7.41. The number of aromatic nitrogens is 2. The molecule has 2 saturated heterocycles. The van der Waals surface area contributed by atoms with Gasteiger partial charge in [0.1, 0.15) is 4.90 Å². The molecule has 8 heteroatoms. The van der Waals surface area contributed by atoms with E-state index in [0.717, 1.165) is 31.6 Å². The minimum absolute atomic E-state index is 0.0659. The molecule has 1 aromatic carbocycles. The average Bonchev–Trinajstić information content (AvgIpc) is 3.34. The third-order valence-electron chi connectivity index (χ3n) is 5.21. The summed E-state index contributed by atoms with van der Waals surface area (Å²) in [5.74, 6) is 0.943. The fourth-order valence-corrected chi connectivity index (χ4v) is 4.63. The van der Waals surface area contributed by atoms with Crippen molar-refractivity contribution in [3.8, 4) is 5.75 Å². The average molecular weight is 391 g/mol. The van der Waals surface area contributed by atoms with Crippen LogP contribution in [0.2, 0.25) is 0 Å². The molecule has 27 heavy (non-hydrogen) atoms. The molecule has 7 nitrogen and oxygen atoms in total. The zero-order valence-electron chi connectivity index (χ0n) is 15.5. The molecule has 0 N–H and O–H groups in total. The van der Waals surface area contributed by atoms with Crippen LogP contribution in [0.1, 0.15) is 32.2 Å². The maximum atomic E-state index is 12.8. The second kappa shape index (κ2) is 7.52. The van der Waals surface area contributed by atoms with Crippen molar-refractivity contribution in [2.24, 2.45) is 5.92 Å². The molecule has 146 valence electrons. The van der Waals surface area contributed by atoms with Crippen LogP contribution in [0, 0.1) is 5.92 Å². The molecule has 0 amide bonds. The van der Waals surface area contributed by atoms with Gasteiger partial charge in [0.25, 0.3) is 0 Å². The van der Waals surface area contributed by atoms with Gasteiger partial charge in [-0.25, -0.2) is 0 Å². The number of hydrogen-bond donors (Lipinski definition) is 0. The predicted molar refractivity (Wildman–Crippen MR) is 102 cm³/mol. The lowest BCUT2D eigenvalue weighted by Gasteiger charge is -2.33. The summed E-state index contributed by atoms with van der Waals surface area (Å²) in [6.07, 6.45) is 6.00. The molecular weight excluding hydrogens is 366 g/mol. The van der Waals surface area contributed by atoms with E-state index in [9.17, 15) is 8.42 Å². The number of anilines is 1. The molecule has 1 aromatic heterocycles. The molecular formula is C19H25N3O4S. The SMILES string of the molecule is C[C@H]1CCCN(c2ccccc2OS(=O)(=O)c2cnn([C@H]3CCOC3)c2)C1. The van der Waals surface area contributed by atoms with Crippen molar-refractivity contribution >= 4 is 15.8 Å². The van der Waals surface area contributed by atoms with Crippen LogP contribution in [0.15, 0.2) is 41.6 Å². The van der Waals surface area contributed by atoms with Gasteiger partial charge in [-0.3, -0.25) is 4.68 Å². The lowest BCUT2D eigenvalue weighted by Crippen LogP contribution is -2.34. The highest BCUT2D eigenvalue weighted by Gasteiger charge is 2.26. The lowest BCUT2D eigenvalue weighted by atomic mass is 10.00. The van der Waals surface area contributed by atoms with Crippen LogP contribution in [0.5, 0.6) is 5.75 Å². The molecule has 2 aromatic rings. The molecule has 0 unspecified atom stereocenters. The number of ether oxygens (including phenoxy) is 1. The molecule has 2 atom stereocenters. The summed E-state index contributed by atoms with van der Waals surface area (Å²) in [5, 5.41) is 4.20. The van der Waals surface area contributed by atoms with Crippen LogP contribution < -0.4 is 9.08 Å². The van der Waals surface area contributed by atoms with E-state index in [4.69, 9.17) is 8.92 Å². The van der Waals surface area contributed by atoms with Gasteiger partial charge in [-0.1, -0.05) is 19.1 Å². The largest absolute Gasteiger partial charge is 0.379 e. The van der Waals surface area contributed by atoms with Crippen molar-refractivity contribution in [2.75, 3.05) is 31.2 Å². The number of piperidine rings is 1. The number of para-hydroxylation sites is 2. The molecule has 4 rings (SSSR count). The molecule has 0 radical (unpaired) electrons. The van der Waals surface area contributed by atoms with Gasteiger partial charge in [0.2, 0.25) is 0 Å². The third kappa shape index (κ3) is 3.96. The number of benzene rings is 1. The van der Waals surface area contributed by atoms with Gasteiger partial charge in [0, 0.05) is 25.9 Å². The highest BCUT2D eigenvalue weighted by Crippen LogP contribution is 2.33. The Morgan fingerprint density at radius 1 is 1.26 bits per heavy atom. The molecule has 0 spiro atoms. The van der Waals surface area contributed by atoms with Gasteiger partial charge in [-0.05, 0) is 37.3 Å². The minimum Gasteiger partial charge on any atom is -0.379 e. The van der Waals surface area contributed by atoms with Crippen molar-refractivity contribution in [3.05, 3.63) is 36.7 Å². The molecule has 3 heterocycles. The zero-order chi connectivity index (χ0) is 18.9. The van der Waals surface area contributed by atoms with Gasteiger partial charge in [0.05, 0.1) is 24.5 Å². The molecule has 2 aliphatic heterocycles. The van der Waals surface area contributed by atoms with Gasteiger partial charge in [-0.15, -0.1) is 0 Å². The Morgan fingerprint density at radius 2 is 2.11 bits per heavy atom. The second-order valence-corrected chi connectivity index (χ2v) is 8.92. The standard InChI is InChI=1S/C19H25N3O4S/c1-15-5-4-9-21(12-15)18-6-2-3-7-19(18)26-27(23,24)17-11-20-22(13-17)16-8-10-25-14-16/h2-3,6-7,11,13,15-16H,4-5,8-10,12,14H2,1H3/t15-,16-/m0/s1. The topological polar surface area (TPSA) is 73.7 Å². The predicted octanol–water partition coefficient (Wildman–Crippen LogP) is 2.85. The number of hydrogen-bond acceptors (Lipinski definition) is 6. The van der Waals surface area contributed by atoms with Gasteiger partial charge in [0.15, 0.2) is 5.75 Å². The van der Waals surface area contributed by atoms with Crippen molar-refractivity contribution in [1.82, 2.24) is 9.78 Å². The summed E-state index contributed by atoms with van der Waals surface area (Å²) >= 11 is 0. The van der Waals surface area contributed by atoms with E-state index < -0.39 is 10.1 Å². The molecule has 0 aliphatic carbocycles. The Morgan fingerprint density at radius 3 is 2.89 bits per heavy atom. The Bertz CT molecular complexity index is 890. The van der Waals surface area contributed by atoms with Crippen LogP contribution in [0.25, 0.3) is 0 Å². The number of nitrogens with zero attached hydrogens (tertiary/aromatic N) is 3. The number of rotatable bonds is 5. The van der Waals surface area contributed by atoms with Crippen molar-refractivity contribution < 1.29 is 17.3 Å². The first kappa shape index (κ1) is 18.3. The van der Waals surface area contributed by atoms with Crippen molar-refractivity contribution in [3.63, 3.8) is 0 Å². The van der Waals surface area contributed by atoms with Crippen LogP contribution in [0.3, 0.4) is 0 Å². The summed E-state index contributed by atoms with van der Waals surface area (Å²) in [4.78, 5) is 2.27. The first-order chi connectivity index (χ1) is 13.0. The van der Waals surface area contributed by atoms with E-state index in [1.807, 2.05) is 12.1 Å². The smallest absolute Gasteiger partial charge is 0.342 e. The molecule has 2 aliphatic rings. The molecule has 0 saturated carbocycles. The summed E-state index contributed by atoms with van der Waals surface area (Å²) in [6.45, 7) is 5.25. The molecule has 2 fully saturated rings. The maximum Gasteiger partial charge on any atom is 0.342 e. The maximum absolute atomic E-state index is 12.8.